The topological polar surface area (TPSA) is 21.3 Å². The van der Waals surface area contributed by atoms with Crippen LogP contribution in [0.4, 0.5) is 0 Å². The highest BCUT2D eigenvalue weighted by Crippen LogP contribution is 2.22. The molecular formula is C17H28BrNO. The Hall–Kier alpha value is -0.380. The van der Waals surface area contributed by atoms with Crippen LogP contribution in [0.2, 0.25) is 0 Å². The highest BCUT2D eigenvalue weighted by atomic mass is 79.9. The van der Waals surface area contributed by atoms with Crippen molar-refractivity contribution in [1.29, 1.82) is 0 Å². The molecule has 114 valence electrons. The number of halogens is 1. The first-order valence-electron chi connectivity index (χ1n) is 7.61. The van der Waals surface area contributed by atoms with Crippen LogP contribution in [0.15, 0.2) is 28.7 Å². The third kappa shape index (κ3) is 6.87. The van der Waals surface area contributed by atoms with Gasteiger partial charge in [-0.3, -0.25) is 0 Å². The van der Waals surface area contributed by atoms with Crippen LogP contribution in [-0.2, 0) is 11.2 Å². The molecule has 2 atom stereocenters. The van der Waals surface area contributed by atoms with E-state index in [-0.39, 0.29) is 0 Å². The van der Waals surface area contributed by atoms with Crippen LogP contribution >= 0.6 is 15.9 Å². The van der Waals surface area contributed by atoms with Gasteiger partial charge in [0.05, 0.1) is 0 Å². The van der Waals surface area contributed by atoms with Gasteiger partial charge in [-0.05, 0) is 61.9 Å². The van der Waals surface area contributed by atoms with Crippen molar-refractivity contribution in [3.05, 3.63) is 34.3 Å². The van der Waals surface area contributed by atoms with Crippen molar-refractivity contribution in [3.63, 3.8) is 0 Å². The van der Waals surface area contributed by atoms with Crippen molar-refractivity contribution in [1.82, 2.24) is 5.32 Å². The number of benzene rings is 1. The lowest BCUT2D eigenvalue weighted by molar-refractivity contribution is 0.164. The lowest BCUT2D eigenvalue weighted by atomic mass is 9.86. The molecular weight excluding hydrogens is 314 g/mol. The summed E-state index contributed by atoms with van der Waals surface area (Å²) in [5.41, 5.74) is 1.41. The lowest BCUT2D eigenvalue weighted by Gasteiger charge is -2.24. The van der Waals surface area contributed by atoms with E-state index in [0.717, 1.165) is 32.5 Å². The van der Waals surface area contributed by atoms with E-state index >= 15 is 0 Å². The van der Waals surface area contributed by atoms with Gasteiger partial charge in [-0.1, -0.05) is 41.9 Å². The standard InChI is InChI=1S/C17H28BrNO/c1-4-9-19-13-16(14(2)8-10-20-3)11-15-6-5-7-17(18)12-15/h5-7,12,14,16,19H,4,8-11,13H2,1-3H3. The summed E-state index contributed by atoms with van der Waals surface area (Å²) >= 11 is 3.56. The zero-order chi connectivity index (χ0) is 14.8. The van der Waals surface area contributed by atoms with Crippen LogP contribution in [0.5, 0.6) is 0 Å². The van der Waals surface area contributed by atoms with Gasteiger partial charge in [0.2, 0.25) is 0 Å². The lowest BCUT2D eigenvalue weighted by Crippen LogP contribution is -2.30. The normalized spacial score (nSPS) is 14.2. The van der Waals surface area contributed by atoms with E-state index in [2.05, 4.69) is 59.4 Å². The summed E-state index contributed by atoms with van der Waals surface area (Å²) in [7, 11) is 1.78. The van der Waals surface area contributed by atoms with Crippen molar-refractivity contribution in [2.24, 2.45) is 11.8 Å². The predicted molar refractivity (Wildman–Crippen MR) is 90.2 cm³/mol. The molecule has 2 nitrogen and oxygen atoms in total. The summed E-state index contributed by atoms with van der Waals surface area (Å²) < 4.78 is 6.40. The molecule has 1 N–H and O–H groups in total. The fourth-order valence-corrected chi connectivity index (χ4v) is 2.89. The first-order chi connectivity index (χ1) is 9.67. The molecule has 2 unspecified atom stereocenters. The molecule has 0 radical (unpaired) electrons. The number of nitrogens with one attached hydrogen (secondary N) is 1. The minimum atomic E-state index is 0.658. The van der Waals surface area contributed by atoms with E-state index in [4.69, 9.17) is 4.74 Å². The van der Waals surface area contributed by atoms with Gasteiger partial charge in [0.15, 0.2) is 0 Å². The molecule has 0 bridgehead atoms. The highest BCUT2D eigenvalue weighted by Gasteiger charge is 2.17. The number of hydrogen-bond acceptors (Lipinski definition) is 2. The van der Waals surface area contributed by atoms with Crippen LogP contribution in [-0.4, -0.2) is 26.8 Å². The van der Waals surface area contributed by atoms with E-state index in [1.54, 1.807) is 7.11 Å². The molecule has 0 spiro atoms. The van der Waals surface area contributed by atoms with Crippen LogP contribution < -0.4 is 5.32 Å². The van der Waals surface area contributed by atoms with E-state index in [1.165, 1.54) is 16.5 Å². The van der Waals surface area contributed by atoms with Gasteiger partial charge in [0.25, 0.3) is 0 Å². The fraction of sp³-hybridized carbons (Fsp3) is 0.647. The molecule has 0 aromatic heterocycles. The minimum Gasteiger partial charge on any atom is -0.385 e. The summed E-state index contributed by atoms with van der Waals surface area (Å²) in [5, 5.41) is 3.57. The van der Waals surface area contributed by atoms with Crippen LogP contribution in [0.1, 0.15) is 32.3 Å². The van der Waals surface area contributed by atoms with Crippen LogP contribution in [0, 0.1) is 11.8 Å². The second kappa shape index (κ2) is 10.4. The average Bonchev–Trinajstić information content (AvgIpc) is 2.44. The zero-order valence-corrected chi connectivity index (χ0v) is 14.6. The van der Waals surface area contributed by atoms with Crippen molar-refractivity contribution < 1.29 is 4.74 Å². The molecule has 1 aromatic carbocycles. The summed E-state index contributed by atoms with van der Waals surface area (Å²) in [4.78, 5) is 0. The molecule has 0 saturated carbocycles. The molecule has 0 heterocycles. The van der Waals surface area contributed by atoms with Gasteiger partial charge in [0, 0.05) is 18.2 Å². The minimum absolute atomic E-state index is 0.658. The Morgan fingerprint density at radius 2 is 2.15 bits per heavy atom. The predicted octanol–water partition coefficient (Wildman–Crippen LogP) is 4.28. The molecule has 1 rings (SSSR count). The van der Waals surface area contributed by atoms with Gasteiger partial charge in [-0.2, -0.15) is 0 Å². The van der Waals surface area contributed by atoms with E-state index < -0.39 is 0 Å². The second-order valence-electron chi connectivity index (χ2n) is 5.56. The number of rotatable bonds is 10. The largest absolute Gasteiger partial charge is 0.385 e. The SMILES string of the molecule is CCCNCC(Cc1cccc(Br)c1)C(C)CCOC. The Balaban J connectivity index is 2.60. The Morgan fingerprint density at radius 3 is 2.80 bits per heavy atom. The summed E-state index contributed by atoms with van der Waals surface area (Å²) in [5.74, 6) is 1.32. The van der Waals surface area contributed by atoms with Gasteiger partial charge in [-0.25, -0.2) is 0 Å². The van der Waals surface area contributed by atoms with Gasteiger partial charge in [-0.15, -0.1) is 0 Å². The van der Waals surface area contributed by atoms with Gasteiger partial charge in [0.1, 0.15) is 0 Å². The smallest absolute Gasteiger partial charge is 0.0464 e. The Kier molecular flexibility index (Phi) is 9.16. The van der Waals surface area contributed by atoms with Crippen molar-refractivity contribution in [2.45, 2.75) is 33.1 Å². The first-order valence-corrected chi connectivity index (χ1v) is 8.40. The van der Waals surface area contributed by atoms with Crippen molar-refractivity contribution >= 4 is 15.9 Å². The zero-order valence-electron chi connectivity index (χ0n) is 13.0. The van der Waals surface area contributed by atoms with Crippen LogP contribution in [0.25, 0.3) is 0 Å². The molecule has 0 aliphatic heterocycles. The number of methoxy groups -OCH3 is 1. The Morgan fingerprint density at radius 1 is 1.35 bits per heavy atom. The molecule has 1 aromatic rings. The summed E-state index contributed by atoms with van der Waals surface area (Å²) in [6.45, 7) is 7.60. The van der Waals surface area contributed by atoms with E-state index in [9.17, 15) is 0 Å². The molecule has 20 heavy (non-hydrogen) atoms. The maximum Gasteiger partial charge on any atom is 0.0464 e. The van der Waals surface area contributed by atoms with Gasteiger partial charge < -0.3 is 10.1 Å². The average molecular weight is 342 g/mol. The second-order valence-corrected chi connectivity index (χ2v) is 6.47. The molecule has 0 fully saturated rings. The Labute approximate surface area is 132 Å². The van der Waals surface area contributed by atoms with E-state index in [0.29, 0.717) is 11.8 Å². The van der Waals surface area contributed by atoms with Crippen molar-refractivity contribution in [3.8, 4) is 0 Å². The monoisotopic (exact) mass is 341 g/mol. The van der Waals surface area contributed by atoms with E-state index in [1.807, 2.05) is 0 Å². The third-order valence-corrected chi connectivity index (χ3v) is 4.30. The third-order valence-electron chi connectivity index (χ3n) is 3.80. The first kappa shape index (κ1) is 17.7. The number of ether oxygens (including phenoxy) is 1. The molecule has 3 heteroatoms. The summed E-state index contributed by atoms with van der Waals surface area (Å²) in [6, 6.07) is 8.66. The molecule has 0 amide bonds. The molecule has 0 aliphatic rings. The van der Waals surface area contributed by atoms with Crippen molar-refractivity contribution in [2.75, 3.05) is 26.8 Å². The maximum absolute atomic E-state index is 5.23. The molecule has 0 saturated heterocycles. The fourth-order valence-electron chi connectivity index (χ4n) is 2.44. The maximum atomic E-state index is 5.23. The molecule has 0 aliphatic carbocycles. The Bertz CT molecular complexity index is 370. The van der Waals surface area contributed by atoms with Gasteiger partial charge >= 0.3 is 0 Å². The quantitative estimate of drug-likeness (QED) is 0.641. The highest BCUT2D eigenvalue weighted by molar-refractivity contribution is 9.10. The number of hydrogen-bond donors (Lipinski definition) is 1. The van der Waals surface area contributed by atoms with Crippen LogP contribution in [0.3, 0.4) is 0 Å². The summed E-state index contributed by atoms with van der Waals surface area (Å²) in [6.07, 6.45) is 3.44.